The lowest BCUT2D eigenvalue weighted by Gasteiger charge is -2.27. The van der Waals surface area contributed by atoms with Gasteiger partial charge in [0.15, 0.2) is 0 Å². The number of nitrogens with one attached hydrogen (secondary N) is 2. The third-order valence-corrected chi connectivity index (χ3v) is 5.18. The fourth-order valence-corrected chi connectivity index (χ4v) is 3.75. The molecule has 0 spiro atoms. The minimum atomic E-state index is 0.142. The molecule has 1 saturated heterocycles. The summed E-state index contributed by atoms with van der Waals surface area (Å²) in [6.07, 6.45) is 5.17. The minimum absolute atomic E-state index is 0.142. The summed E-state index contributed by atoms with van der Waals surface area (Å²) in [5.74, 6) is 1.77. The van der Waals surface area contributed by atoms with Crippen molar-refractivity contribution in [3.63, 3.8) is 0 Å². The molecule has 4 heterocycles. The summed E-state index contributed by atoms with van der Waals surface area (Å²) in [5.41, 5.74) is 2.02. The van der Waals surface area contributed by atoms with E-state index in [1.165, 1.54) is 0 Å². The number of hydrogen-bond acceptors (Lipinski definition) is 7. The predicted octanol–water partition coefficient (Wildman–Crippen LogP) is 0.667. The fraction of sp³-hybridized carbons (Fsp3) is 0.474. The summed E-state index contributed by atoms with van der Waals surface area (Å²) in [5, 5.41) is 6.78. The quantitative estimate of drug-likeness (QED) is 0.803. The molecule has 142 valence electrons. The first-order valence-electron chi connectivity index (χ1n) is 9.41. The van der Waals surface area contributed by atoms with Crippen LogP contribution < -0.4 is 15.5 Å². The van der Waals surface area contributed by atoms with Gasteiger partial charge in [0.2, 0.25) is 5.91 Å². The summed E-state index contributed by atoms with van der Waals surface area (Å²) < 4.78 is 0. The highest BCUT2D eigenvalue weighted by Gasteiger charge is 2.32. The number of carbonyl (C=O) groups is 1. The average molecular weight is 367 g/mol. The molecule has 8 heteroatoms. The maximum atomic E-state index is 12.8. The van der Waals surface area contributed by atoms with Crippen LogP contribution in [0.4, 0.5) is 11.6 Å². The number of likely N-dealkylation sites (N-methyl/N-ethyl adjacent to an activating group) is 1. The highest BCUT2D eigenvalue weighted by Crippen LogP contribution is 2.29. The summed E-state index contributed by atoms with van der Waals surface area (Å²) in [7, 11) is 1.91. The Morgan fingerprint density at radius 3 is 2.96 bits per heavy atom. The maximum absolute atomic E-state index is 12.8. The van der Waals surface area contributed by atoms with Crippen LogP contribution in [-0.4, -0.2) is 65.0 Å². The first-order valence-corrected chi connectivity index (χ1v) is 9.41. The molecule has 4 rings (SSSR count). The highest BCUT2D eigenvalue weighted by atomic mass is 16.2. The molecule has 1 fully saturated rings. The molecular weight excluding hydrogens is 342 g/mol. The number of rotatable bonds is 5. The summed E-state index contributed by atoms with van der Waals surface area (Å²) >= 11 is 0. The molecule has 27 heavy (non-hydrogen) atoms. The number of amides is 1. The zero-order valence-corrected chi connectivity index (χ0v) is 15.6. The van der Waals surface area contributed by atoms with E-state index < -0.39 is 0 Å². The standard InChI is InChI=1S/C19H25N7O/c1-25-12-17(27)26(15-6-8-20-10-15)11-16-18(23-13-24-19(16)25)22-9-5-14-4-2-3-7-21-14/h2-4,7,13,15,20H,5-6,8-12H2,1H3,(H,22,23,24). The van der Waals surface area contributed by atoms with Crippen molar-refractivity contribution < 1.29 is 4.79 Å². The molecule has 1 unspecified atom stereocenters. The Hall–Kier alpha value is -2.74. The Balaban J connectivity index is 1.54. The van der Waals surface area contributed by atoms with E-state index in [9.17, 15) is 4.79 Å². The lowest BCUT2D eigenvalue weighted by molar-refractivity contribution is -0.132. The summed E-state index contributed by atoms with van der Waals surface area (Å²) in [6.45, 7) is 3.41. The van der Waals surface area contributed by atoms with Crippen LogP contribution in [0.15, 0.2) is 30.7 Å². The maximum Gasteiger partial charge on any atom is 0.242 e. The normalized spacial score (nSPS) is 19.7. The van der Waals surface area contributed by atoms with Gasteiger partial charge in [-0.3, -0.25) is 9.78 Å². The largest absolute Gasteiger partial charge is 0.369 e. The molecule has 2 aliphatic heterocycles. The van der Waals surface area contributed by atoms with Crippen molar-refractivity contribution >= 4 is 17.5 Å². The first kappa shape index (κ1) is 17.7. The molecule has 0 aliphatic carbocycles. The molecule has 2 aromatic rings. The van der Waals surface area contributed by atoms with Crippen molar-refractivity contribution in [2.45, 2.75) is 25.4 Å². The van der Waals surface area contributed by atoms with Gasteiger partial charge in [-0.1, -0.05) is 6.07 Å². The van der Waals surface area contributed by atoms with Crippen molar-refractivity contribution in [2.75, 3.05) is 43.4 Å². The monoisotopic (exact) mass is 367 g/mol. The third-order valence-electron chi connectivity index (χ3n) is 5.18. The Morgan fingerprint density at radius 2 is 2.19 bits per heavy atom. The predicted molar refractivity (Wildman–Crippen MR) is 104 cm³/mol. The molecule has 0 aromatic carbocycles. The number of anilines is 2. The fourth-order valence-electron chi connectivity index (χ4n) is 3.75. The van der Waals surface area contributed by atoms with Gasteiger partial charge in [0.25, 0.3) is 0 Å². The number of fused-ring (bicyclic) bond motifs is 1. The molecule has 1 amide bonds. The van der Waals surface area contributed by atoms with Gasteiger partial charge < -0.3 is 20.4 Å². The van der Waals surface area contributed by atoms with Crippen LogP contribution in [0.1, 0.15) is 17.7 Å². The van der Waals surface area contributed by atoms with Crippen LogP contribution in [0.2, 0.25) is 0 Å². The van der Waals surface area contributed by atoms with Crippen LogP contribution >= 0.6 is 0 Å². The van der Waals surface area contributed by atoms with Crippen molar-refractivity contribution in [3.8, 4) is 0 Å². The number of hydrogen-bond donors (Lipinski definition) is 2. The lowest BCUT2D eigenvalue weighted by atomic mass is 10.1. The van der Waals surface area contributed by atoms with Gasteiger partial charge in [-0.25, -0.2) is 9.97 Å². The Kier molecular flexibility index (Phi) is 5.15. The van der Waals surface area contributed by atoms with Gasteiger partial charge in [0, 0.05) is 44.5 Å². The van der Waals surface area contributed by atoms with Crippen LogP contribution in [-0.2, 0) is 17.8 Å². The van der Waals surface area contributed by atoms with Crippen LogP contribution in [0, 0.1) is 0 Å². The Bertz CT molecular complexity index is 792. The van der Waals surface area contributed by atoms with Gasteiger partial charge >= 0.3 is 0 Å². The second-order valence-electron chi connectivity index (χ2n) is 7.05. The van der Waals surface area contributed by atoms with Crippen LogP contribution in [0.3, 0.4) is 0 Å². The summed E-state index contributed by atoms with van der Waals surface area (Å²) in [6, 6.07) is 6.16. The van der Waals surface area contributed by atoms with E-state index in [0.29, 0.717) is 13.1 Å². The molecular formula is C19H25N7O. The van der Waals surface area contributed by atoms with Gasteiger partial charge in [0.1, 0.15) is 18.0 Å². The molecule has 2 aromatic heterocycles. The molecule has 0 bridgehead atoms. The van der Waals surface area contributed by atoms with E-state index in [0.717, 1.165) is 55.4 Å². The Labute approximate surface area is 159 Å². The zero-order valence-electron chi connectivity index (χ0n) is 15.6. The van der Waals surface area contributed by atoms with Crippen molar-refractivity contribution in [1.29, 1.82) is 0 Å². The molecule has 8 nitrogen and oxygen atoms in total. The van der Waals surface area contributed by atoms with Crippen molar-refractivity contribution in [2.24, 2.45) is 0 Å². The number of carbonyl (C=O) groups excluding carboxylic acids is 1. The van der Waals surface area contributed by atoms with E-state index in [1.54, 1.807) is 12.5 Å². The lowest BCUT2D eigenvalue weighted by Crippen LogP contribution is -2.43. The second-order valence-corrected chi connectivity index (χ2v) is 7.05. The van der Waals surface area contributed by atoms with Gasteiger partial charge in [-0.2, -0.15) is 0 Å². The zero-order chi connectivity index (χ0) is 18.6. The van der Waals surface area contributed by atoms with Crippen molar-refractivity contribution in [1.82, 2.24) is 25.2 Å². The second kappa shape index (κ2) is 7.87. The first-order chi connectivity index (χ1) is 13.2. The van der Waals surface area contributed by atoms with Gasteiger partial charge in [-0.05, 0) is 25.1 Å². The smallest absolute Gasteiger partial charge is 0.242 e. The highest BCUT2D eigenvalue weighted by molar-refractivity contribution is 5.84. The SMILES string of the molecule is CN1CC(=O)N(C2CCNC2)Cc2c(NCCc3ccccn3)ncnc21. The topological polar surface area (TPSA) is 86.3 Å². The van der Waals surface area contributed by atoms with Gasteiger partial charge in [-0.15, -0.1) is 0 Å². The van der Waals surface area contributed by atoms with Crippen molar-refractivity contribution in [3.05, 3.63) is 42.0 Å². The van der Waals surface area contributed by atoms with E-state index in [1.807, 2.05) is 35.0 Å². The van der Waals surface area contributed by atoms with E-state index in [-0.39, 0.29) is 11.9 Å². The number of pyridine rings is 1. The van der Waals surface area contributed by atoms with Crippen LogP contribution in [0.25, 0.3) is 0 Å². The third kappa shape index (κ3) is 3.85. The summed E-state index contributed by atoms with van der Waals surface area (Å²) in [4.78, 5) is 29.9. The number of nitrogens with zero attached hydrogens (tertiary/aromatic N) is 5. The molecule has 2 N–H and O–H groups in total. The molecule has 0 radical (unpaired) electrons. The minimum Gasteiger partial charge on any atom is -0.369 e. The number of aromatic nitrogens is 3. The van der Waals surface area contributed by atoms with E-state index in [4.69, 9.17) is 0 Å². The van der Waals surface area contributed by atoms with E-state index in [2.05, 4.69) is 25.6 Å². The van der Waals surface area contributed by atoms with E-state index >= 15 is 0 Å². The van der Waals surface area contributed by atoms with Gasteiger partial charge in [0.05, 0.1) is 18.7 Å². The van der Waals surface area contributed by atoms with Crippen LogP contribution in [0.5, 0.6) is 0 Å². The molecule has 0 saturated carbocycles. The molecule has 1 atom stereocenters. The average Bonchev–Trinajstić information content (AvgIpc) is 3.17. The Morgan fingerprint density at radius 1 is 1.26 bits per heavy atom. The molecule has 2 aliphatic rings.